The number of methoxy groups -OCH3 is 1. The van der Waals surface area contributed by atoms with Gasteiger partial charge in [-0.05, 0) is 13.0 Å². The molecular weight excluding hydrogens is 260 g/mol. The molecule has 0 spiro atoms. The predicted molar refractivity (Wildman–Crippen MR) is 74.8 cm³/mol. The van der Waals surface area contributed by atoms with E-state index in [9.17, 15) is 9.59 Å². The highest BCUT2D eigenvalue weighted by Crippen LogP contribution is 2.27. The van der Waals surface area contributed by atoms with Crippen molar-refractivity contribution >= 4 is 12.0 Å². The van der Waals surface area contributed by atoms with E-state index in [1.165, 1.54) is 4.90 Å². The van der Waals surface area contributed by atoms with Gasteiger partial charge >= 0.3 is 12.0 Å². The van der Waals surface area contributed by atoms with Gasteiger partial charge in [0.05, 0.1) is 19.6 Å². The summed E-state index contributed by atoms with van der Waals surface area (Å²) in [7, 11) is 3.24. The van der Waals surface area contributed by atoms with E-state index in [0.29, 0.717) is 5.75 Å². The van der Waals surface area contributed by atoms with Gasteiger partial charge in [0.25, 0.3) is 0 Å². The fraction of sp³-hybridized carbons (Fsp3) is 0.429. The minimum absolute atomic E-state index is 0.0946. The van der Waals surface area contributed by atoms with Crippen molar-refractivity contribution in [3.05, 3.63) is 29.8 Å². The zero-order valence-electron chi connectivity index (χ0n) is 11.9. The smallest absolute Gasteiger partial charge is 0.317 e. The molecular formula is C14H20N2O4. The van der Waals surface area contributed by atoms with E-state index in [1.54, 1.807) is 14.2 Å². The molecule has 0 heterocycles. The molecule has 0 aromatic heterocycles. The molecule has 0 fully saturated rings. The van der Waals surface area contributed by atoms with Crippen LogP contribution in [0.5, 0.6) is 5.75 Å². The van der Waals surface area contributed by atoms with Crippen molar-refractivity contribution in [2.24, 2.45) is 0 Å². The highest BCUT2D eigenvalue weighted by atomic mass is 16.5. The number of carbonyl (C=O) groups excluding carboxylic acids is 1. The first-order chi connectivity index (χ1) is 9.47. The number of urea groups is 1. The zero-order valence-corrected chi connectivity index (χ0v) is 11.9. The first-order valence-corrected chi connectivity index (χ1v) is 6.32. The Morgan fingerprint density at radius 2 is 2.05 bits per heavy atom. The normalized spacial score (nSPS) is 11.6. The quantitative estimate of drug-likeness (QED) is 0.833. The molecule has 1 rings (SSSR count). The molecule has 0 aliphatic heterocycles. The number of aliphatic carboxylic acids is 1. The molecule has 0 aliphatic rings. The average molecular weight is 280 g/mol. The van der Waals surface area contributed by atoms with E-state index >= 15 is 0 Å². The van der Waals surface area contributed by atoms with E-state index < -0.39 is 5.97 Å². The van der Waals surface area contributed by atoms with Crippen LogP contribution in [0.2, 0.25) is 0 Å². The predicted octanol–water partition coefficient (Wildman–Crippen LogP) is 1.87. The van der Waals surface area contributed by atoms with Crippen molar-refractivity contribution in [3.8, 4) is 5.75 Å². The molecule has 6 nitrogen and oxygen atoms in total. The van der Waals surface area contributed by atoms with Crippen molar-refractivity contribution in [1.29, 1.82) is 0 Å². The van der Waals surface area contributed by atoms with Gasteiger partial charge in [0.2, 0.25) is 0 Å². The Labute approximate surface area is 118 Å². The summed E-state index contributed by atoms with van der Waals surface area (Å²) in [6, 6.07) is 6.97. The summed E-state index contributed by atoms with van der Waals surface area (Å²) in [4.78, 5) is 23.8. The molecule has 6 heteroatoms. The van der Waals surface area contributed by atoms with Gasteiger partial charge < -0.3 is 20.1 Å². The van der Waals surface area contributed by atoms with Crippen molar-refractivity contribution in [3.63, 3.8) is 0 Å². The molecule has 0 radical (unpaired) electrons. The summed E-state index contributed by atoms with van der Waals surface area (Å²) in [5.41, 5.74) is 0.894. The van der Waals surface area contributed by atoms with Crippen LogP contribution in [-0.4, -0.2) is 42.7 Å². The summed E-state index contributed by atoms with van der Waals surface area (Å²) < 4.78 is 5.27. The van der Waals surface area contributed by atoms with Crippen LogP contribution in [0.15, 0.2) is 24.3 Å². The third-order valence-corrected chi connectivity index (χ3v) is 3.11. The van der Waals surface area contributed by atoms with Crippen molar-refractivity contribution in [2.75, 3.05) is 20.7 Å². The molecule has 1 aromatic carbocycles. The lowest BCUT2D eigenvalue weighted by atomic mass is 10.1. The second-order valence-electron chi connectivity index (χ2n) is 4.40. The summed E-state index contributed by atoms with van der Waals surface area (Å²) in [6.07, 6.45) is -0.0946. The van der Waals surface area contributed by atoms with Gasteiger partial charge in [-0.3, -0.25) is 4.79 Å². The van der Waals surface area contributed by atoms with Crippen LogP contribution in [0, 0.1) is 0 Å². The van der Waals surface area contributed by atoms with Crippen LogP contribution in [-0.2, 0) is 4.79 Å². The number of hydrogen-bond donors (Lipinski definition) is 2. The lowest BCUT2D eigenvalue weighted by Gasteiger charge is -2.26. The molecule has 110 valence electrons. The minimum Gasteiger partial charge on any atom is -0.496 e. The Morgan fingerprint density at radius 3 is 2.65 bits per heavy atom. The highest BCUT2D eigenvalue weighted by Gasteiger charge is 2.19. The Kier molecular flexibility index (Phi) is 5.83. The molecule has 0 saturated heterocycles. The van der Waals surface area contributed by atoms with E-state index in [4.69, 9.17) is 9.84 Å². The summed E-state index contributed by atoms with van der Waals surface area (Å²) in [5, 5.41) is 11.1. The number of carbonyl (C=O) groups is 2. The van der Waals surface area contributed by atoms with Crippen LogP contribution in [0.1, 0.15) is 24.9 Å². The average Bonchev–Trinajstić information content (AvgIpc) is 2.45. The number of benzene rings is 1. The number of para-hydroxylation sites is 1. The Bertz CT molecular complexity index is 476. The fourth-order valence-corrected chi connectivity index (χ4v) is 1.80. The fourth-order valence-electron chi connectivity index (χ4n) is 1.80. The van der Waals surface area contributed by atoms with Gasteiger partial charge in [-0.1, -0.05) is 18.2 Å². The zero-order chi connectivity index (χ0) is 15.1. The third-order valence-electron chi connectivity index (χ3n) is 3.11. The molecule has 1 atom stereocenters. The van der Waals surface area contributed by atoms with Crippen LogP contribution >= 0.6 is 0 Å². The van der Waals surface area contributed by atoms with Gasteiger partial charge in [0, 0.05) is 19.2 Å². The van der Waals surface area contributed by atoms with Crippen molar-refractivity contribution < 1.29 is 19.4 Å². The number of amides is 2. The Hall–Kier alpha value is -2.24. The summed E-state index contributed by atoms with van der Waals surface area (Å²) >= 11 is 0. The number of carboxylic acid groups (broad SMARTS) is 1. The third kappa shape index (κ3) is 4.15. The second-order valence-corrected chi connectivity index (χ2v) is 4.40. The minimum atomic E-state index is -0.939. The van der Waals surface area contributed by atoms with E-state index in [2.05, 4.69) is 5.32 Å². The number of nitrogens with one attached hydrogen (secondary N) is 1. The van der Waals surface area contributed by atoms with Crippen molar-refractivity contribution in [1.82, 2.24) is 10.2 Å². The van der Waals surface area contributed by atoms with Crippen LogP contribution in [0.4, 0.5) is 4.79 Å². The Balaban J connectivity index is 2.68. The number of nitrogens with zero attached hydrogens (tertiary/aromatic N) is 1. The van der Waals surface area contributed by atoms with E-state index in [0.717, 1.165) is 5.56 Å². The maximum absolute atomic E-state index is 11.9. The molecule has 0 unspecified atom stereocenters. The molecule has 0 aliphatic carbocycles. The molecule has 2 N–H and O–H groups in total. The summed E-state index contributed by atoms with van der Waals surface area (Å²) in [6.45, 7) is 1.99. The first kappa shape index (κ1) is 15.8. The standard InChI is InChI=1S/C14H20N2O4/c1-10(11-6-4-5-7-12(11)20-3)16(2)14(19)15-9-8-13(17)18/h4-7,10H,8-9H2,1-3H3,(H,15,19)(H,17,18)/t10-/m1/s1. The topological polar surface area (TPSA) is 78.9 Å². The second kappa shape index (κ2) is 7.37. The maximum atomic E-state index is 11.9. The molecule has 0 saturated carbocycles. The van der Waals surface area contributed by atoms with Gasteiger partial charge in [-0.2, -0.15) is 0 Å². The van der Waals surface area contributed by atoms with Gasteiger partial charge in [0.15, 0.2) is 0 Å². The van der Waals surface area contributed by atoms with Crippen LogP contribution < -0.4 is 10.1 Å². The number of ether oxygens (including phenoxy) is 1. The molecule has 0 bridgehead atoms. The number of hydrogen-bond acceptors (Lipinski definition) is 3. The number of carboxylic acids is 1. The van der Waals surface area contributed by atoms with Crippen LogP contribution in [0.25, 0.3) is 0 Å². The highest BCUT2D eigenvalue weighted by molar-refractivity contribution is 5.75. The lowest BCUT2D eigenvalue weighted by molar-refractivity contribution is -0.136. The Morgan fingerprint density at radius 1 is 1.40 bits per heavy atom. The SMILES string of the molecule is COc1ccccc1[C@@H](C)N(C)C(=O)NCCC(=O)O. The maximum Gasteiger partial charge on any atom is 0.317 e. The van der Waals surface area contributed by atoms with E-state index in [1.807, 2.05) is 31.2 Å². The van der Waals surface area contributed by atoms with Gasteiger partial charge in [0.1, 0.15) is 5.75 Å². The van der Waals surface area contributed by atoms with Gasteiger partial charge in [-0.15, -0.1) is 0 Å². The van der Waals surface area contributed by atoms with E-state index in [-0.39, 0.29) is 25.0 Å². The largest absolute Gasteiger partial charge is 0.496 e. The summed E-state index contributed by atoms with van der Waals surface area (Å²) in [5.74, 6) is -0.226. The van der Waals surface area contributed by atoms with Gasteiger partial charge in [-0.25, -0.2) is 4.79 Å². The lowest BCUT2D eigenvalue weighted by Crippen LogP contribution is -2.39. The molecule has 2 amide bonds. The van der Waals surface area contributed by atoms with Crippen LogP contribution in [0.3, 0.4) is 0 Å². The molecule has 1 aromatic rings. The number of rotatable bonds is 6. The van der Waals surface area contributed by atoms with Crippen molar-refractivity contribution in [2.45, 2.75) is 19.4 Å². The molecule has 20 heavy (non-hydrogen) atoms. The monoisotopic (exact) mass is 280 g/mol. The first-order valence-electron chi connectivity index (χ1n) is 6.32.